The van der Waals surface area contributed by atoms with Crippen molar-refractivity contribution in [3.8, 4) is 0 Å². The van der Waals surface area contributed by atoms with Gasteiger partial charge in [0.05, 0.1) is 12.8 Å². The number of aromatic carboxylic acids is 1. The highest BCUT2D eigenvalue weighted by atomic mass is 16.4. The maximum Gasteiger partial charge on any atom is 0.339 e. The van der Waals surface area contributed by atoms with E-state index in [4.69, 9.17) is 9.52 Å². The van der Waals surface area contributed by atoms with Crippen LogP contribution in [-0.4, -0.2) is 42.5 Å². The van der Waals surface area contributed by atoms with Crippen molar-refractivity contribution in [2.24, 2.45) is 0 Å². The average Bonchev–Trinajstić information content (AvgIpc) is 2.74. The summed E-state index contributed by atoms with van der Waals surface area (Å²) < 4.78 is 5.11. The van der Waals surface area contributed by atoms with Crippen LogP contribution in [0.15, 0.2) is 16.7 Å². The lowest BCUT2D eigenvalue weighted by Gasteiger charge is -2.14. The Morgan fingerprint density at radius 1 is 1.53 bits per heavy atom. The SMILES string of the molecule is CNC(=O)CCN(C)Cc1occc1C(=O)O. The third-order valence-corrected chi connectivity index (χ3v) is 2.39. The number of hydrogen-bond acceptors (Lipinski definition) is 4. The molecule has 1 aromatic rings. The van der Waals surface area contributed by atoms with Crippen LogP contribution in [-0.2, 0) is 11.3 Å². The van der Waals surface area contributed by atoms with Crippen molar-refractivity contribution in [2.75, 3.05) is 20.6 Å². The Hall–Kier alpha value is -1.82. The maximum atomic E-state index is 11.0. The molecule has 0 saturated carbocycles. The number of hydrogen-bond donors (Lipinski definition) is 2. The molecule has 0 spiro atoms. The van der Waals surface area contributed by atoms with E-state index in [1.54, 1.807) is 14.1 Å². The summed E-state index contributed by atoms with van der Waals surface area (Å²) in [6, 6.07) is 1.42. The second-order valence-corrected chi connectivity index (χ2v) is 3.72. The normalized spacial score (nSPS) is 10.5. The fourth-order valence-corrected chi connectivity index (χ4v) is 1.40. The van der Waals surface area contributed by atoms with Crippen LogP contribution in [0, 0.1) is 0 Å². The van der Waals surface area contributed by atoms with Crippen molar-refractivity contribution < 1.29 is 19.1 Å². The largest absolute Gasteiger partial charge is 0.478 e. The highest BCUT2D eigenvalue weighted by molar-refractivity contribution is 5.88. The maximum absolute atomic E-state index is 11.0. The van der Waals surface area contributed by atoms with E-state index < -0.39 is 5.97 Å². The van der Waals surface area contributed by atoms with Gasteiger partial charge >= 0.3 is 5.97 Å². The lowest BCUT2D eigenvalue weighted by Crippen LogP contribution is -2.26. The molecule has 0 aliphatic rings. The van der Waals surface area contributed by atoms with Crippen LogP contribution in [0.5, 0.6) is 0 Å². The summed E-state index contributed by atoms with van der Waals surface area (Å²) in [5, 5.41) is 11.4. The summed E-state index contributed by atoms with van der Waals surface area (Å²) in [6.07, 6.45) is 1.72. The molecule has 6 nitrogen and oxygen atoms in total. The fourth-order valence-electron chi connectivity index (χ4n) is 1.40. The molecule has 2 N–H and O–H groups in total. The number of carboxylic acids is 1. The van der Waals surface area contributed by atoms with Gasteiger partial charge < -0.3 is 14.8 Å². The number of carbonyl (C=O) groups excluding carboxylic acids is 1. The third-order valence-electron chi connectivity index (χ3n) is 2.39. The Balaban J connectivity index is 2.50. The third kappa shape index (κ3) is 3.92. The smallest absolute Gasteiger partial charge is 0.339 e. The molecule has 0 unspecified atom stereocenters. The van der Waals surface area contributed by atoms with Crippen molar-refractivity contribution >= 4 is 11.9 Å². The van der Waals surface area contributed by atoms with Crippen LogP contribution in [0.4, 0.5) is 0 Å². The van der Waals surface area contributed by atoms with Gasteiger partial charge in [0.15, 0.2) is 0 Å². The first-order valence-electron chi connectivity index (χ1n) is 5.23. The molecular weight excluding hydrogens is 224 g/mol. The molecule has 0 aromatic carbocycles. The highest BCUT2D eigenvalue weighted by Crippen LogP contribution is 2.12. The van der Waals surface area contributed by atoms with Gasteiger partial charge in [-0.1, -0.05) is 0 Å². The molecule has 6 heteroatoms. The lowest BCUT2D eigenvalue weighted by atomic mass is 10.2. The van der Waals surface area contributed by atoms with Crippen LogP contribution in [0.2, 0.25) is 0 Å². The van der Waals surface area contributed by atoms with Crippen LogP contribution >= 0.6 is 0 Å². The van der Waals surface area contributed by atoms with Crippen LogP contribution in [0.3, 0.4) is 0 Å². The van der Waals surface area contributed by atoms with Crippen molar-refractivity contribution in [1.29, 1.82) is 0 Å². The minimum absolute atomic E-state index is 0.0465. The second kappa shape index (κ2) is 6.05. The average molecular weight is 240 g/mol. The first-order valence-corrected chi connectivity index (χ1v) is 5.23. The number of nitrogens with one attached hydrogen (secondary N) is 1. The van der Waals surface area contributed by atoms with E-state index in [-0.39, 0.29) is 11.5 Å². The van der Waals surface area contributed by atoms with Gasteiger partial charge in [-0.25, -0.2) is 4.79 Å². The molecule has 1 heterocycles. The van der Waals surface area contributed by atoms with Crippen molar-refractivity contribution in [3.05, 3.63) is 23.7 Å². The van der Waals surface area contributed by atoms with E-state index >= 15 is 0 Å². The number of carbonyl (C=O) groups is 2. The van der Waals surface area contributed by atoms with Gasteiger partial charge in [0.2, 0.25) is 5.91 Å². The molecule has 0 fully saturated rings. The fraction of sp³-hybridized carbons (Fsp3) is 0.455. The van der Waals surface area contributed by atoms with Gasteiger partial charge in [0.1, 0.15) is 11.3 Å². The molecule has 1 amide bonds. The minimum atomic E-state index is -1.01. The summed E-state index contributed by atoms with van der Waals surface area (Å²) in [4.78, 5) is 23.7. The molecule has 17 heavy (non-hydrogen) atoms. The highest BCUT2D eigenvalue weighted by Gasteiger charge is 2.15. The predicted octanol–water partition coefficient (Wildman–Crippen LogP) is 0.546. The topological polar surface area (TPSA) is 82.8 Å². The first-order chi connectivity index (χ1) is 8.04. The Kier molecular flexibility index (Phi) is 4.71. The van der Waals surface area contributed by atoms with Gasteiger partial charge in [0, 0.05) is 20.0 Å². The van der Waals surface area contributed by atoms with Gasteiger partial charge in [-0.15, -0.1) is 0 Å². The number of furan rings is 1. The van der Waals surface area contributed by atoms with Crippen LogP contribution < -0.4 is 5.32 Å². The Labute approximate surface area is 99.2 Å². The zero-order valence-electron chi connectivity index (χ0n) is 9.90. The van der Waals surface area contributed by atoms with E-state index in [9.17, 15) is 9.59 Å². The molecule has 1 rings (SSSR count). The number of carboxylic acid groups (broad SMARTS) is 1. The zero-order valence-corrected chi connectivity index (χ0v) is 9.90. The van der Waals surface area contributed by atoms with E-state index in [1.807, 2.05) is 4.90 Å². The molecule has 0 atom stereocenters. The van der Waals surface area contributed by atoms with Gasteiger partial charge in [-0.05, 0) is 13.1 Å². The Bertz CT molecular complexity index is 400. The first kappa shape index (κ1) is 13.2. The molecule has 0 bridgehead atoms. The summed E-state index contributed by atoms with van der Waals surface area (Å²) in [6.45, 7) is 0.908. The van der Waals surface area contributed by atoms with Gasteiger partial charge in [-0.2, -0.15) is 0 Å². The number of nitrogens with zero attached hydrogens (tertiary/aromatic N) is 1. The zero-order chi connectivity index (χ0) is 12.8. The lowest BCUT2D eigenvalue weighted by molar-refractivity contribution is -0.120. The van der Waals surface area contributed by atoms with E-state index in [0.29, 0.717) is 25.3 Å². The molecule has 0 radical (unpaired) electrons. The summed E-state index contributed by atoms with van der Waals surface area (Å²) >= 11 is 0. The quantitative estimate of drug-likeness (QED) is 0.758. The van der Waals surface area contributed by atoms with Gasteiger partial charge in [-0.3, -0.25) is 9.69 Å². The summed E-state index contributed by atoms with van der Waals surface area (Å²) in [7, 11) is 3.38. The molecule has 0 aliphatic carbocycles. The van der Waals surface area contributed by atoms with E-state index in [0.717, 1.165) is 0 Å². The minimum Gasteiger partial charge on any atom is -0.478 e. The van der Waals surface area contributed by atoms with Crippen LogP contribution in [0.1, 0.15) is 22.5 Å². The second-order valence-electron chi connectivity index (χ2n) is 3.72. The Morgan fingerprint density at radius 2 is 2.24 bits per heavy atom. The van der Waals surface area contributed by atoms with Crippen molar-refractivity contribution in [2.45, 2.75) is 13.0 Å². The molecular formula is C11H16N2O4. The number of rotatable bonds is 6. The van der Waals surface area contributed by atoms with E-state index in [2.05, 4.69) is 5.32 Å². The monoisotopic (exact) mass is 240 g/mol. The van der Waals surface area contributed by atoms with Crippen molar-refractivity contribution in [1.82, 2.24) is 10.2 Å². The summed E-state index contributed by atoms with van der Waals surface area (Å²) in [5.74, 6) is -0.653. The molecule has 0 aliphatic heterocycles. The van der Waals surface area contributed by atoms with E-state index in [1.165, 1.54) is 12.3 Å². The Morgan fingerprint density at radius 3 is 2.82 bits per heavy atom. The molecule has 1 aromatic heterocycles. The van der Waals surface area contributed by atoms with Gasteiger partial charge in [0.25, 0.3) is 0 Å². The number of amides is 1. The predicted molar refractivity (Wildman–Crippen MR) is 60.7 cm³/mol. The van der Waals surface area contributed by atoms with Crippen molar-refractivity contribution in [3.63, 3.8) is 0 Å². The summed E-state index contributed by atoms with van der Waals surface area (Å²) in [5.41, 5.74) is 0.164. The standard InChI is InChI=1S/C11H16N2O4/c1-12-10(14)3-5-13(2)7-9-8(11(15)16)4-6-17-9/h4,6H,3,5,7H2,1-2H3,(H,12,14)(H,15,16). The van der Waals surface area contributed by atoms with Crippen LogP contribution in [0.25, 0.3) is 0 Å². The molecule has 94 valence electrons. The molecule has 0 saturated heterocycles.